The summed E-state index contributed by atoms with van der Waals surface area (Å²) in [5, 5.41) is 2.62. The minimum absolute atomic E-state index is 0.107. The van der Waals surface area contributed by atoms with Crippen LogP contribution in [0.4, 0.5) is 11.4 Å². The van der Waals surface area contributed by atoms with Crippen molar-refractivity contribution < 1.29 is 9.53 Å². The van der Waals surface area contributed by atoms with Gasteiger partial charge in [0.25, 0.3) is 5.91 Å². The fourth-order valence-corrected chi connectivity index (χ4v) is 3.33. The van der Waals surface area contributed by atoms with Gasteiger partial charge in [0.1, 0.15) is 0 Å². The third-order valence-corrected chi connectivity index (χ3v) is 4.31. The molecule has 2 aliphatic rings. The van der Waals surface area contributed by atoms with Gasteiger partial charge in [0.2, 0.25) is 0 Å². The van der Waals surface area contributed by atoms with Crippen molar-refractivity contribution in [2.75, 3.05) is 30.8 Å². The summed E-state index contributed by atoms with van der Waals surface area (Å²) in [6, 6.07) is 5.98. The zero-order chi connectivity index (χ0) is 14.1. The van der Waals surface area contributed by atoms with Crippen molar-refractivity contribution in [2.24, 2.45) is 0 Å². The molecule has 2 unspecified atom stereocenters. The van der Waals surface area contributed by atoms with E-state index in [0.717, 1.165) is 31.7 Å². The molecule has 1 heterocycles. The Morgan fingerprint density at radius 1 is 1.45 bits per heavy atom. The van der Waals surface area contributed by atoms with Crippen LogP contribution in [-0.2, 0) is 4.74 Å². The molecule has 3 N–H and O–H groups in total. The molecule has 1 amide bonds. The molecule has 0 aromatic heterocycles. The lowest BCUT2D eigenvalue weighted by atomic mass is 10.1. The molecule has 2 atom stereocenters. The summed E-state index contributed by atoms with van der Waals surface area (Å²) in [6.45, 7) is 1.61. The van der Waals surface area contributed by atoms with Crippen molar-refractivity contribution in [3.05, 3.63) is 23.8 Å². The van der Waals surface area contributed by atoms with Crippen LogP contribution < -0.4 is 16.0 Å². The maximum absolute atomic E-state index is 11.6. The monoisotopic (exact) mass is 275 g/mol. The molecule has 2 fully saturated rings. The second-order valence-corrected chi connectivity index (χ2v) is 5.45. The first-order valence-corrected chi connectivity index (χ1v) is 7.20. The van der Waals surface area contributed by atoms with Crippen LogP contribution in [0.1, 0.15) is 29.6 Å². The maximum Gasteiger partial charge on any atom is 0.251 e. The van der Waals surface area contributed by atoms with Crippen molar-refractivity contribution in [1.29, 1.82) is 0 Å². The van der Waals surface area contributed by atoms with Crippen molar-refractivity contribution in [1.82, 2.24) is 5.32 Å². The molecule has 1 aliphatic heterocycles. The molecule has 0 bridgehead atoms. The topological polar surface area (TPSA) is 67.6 Å². The van der Waals surface area contributed by atoms with E-state index in [1.165, 1.54) is 6.42 Å². The normalized spacial score (nSPS) is 25.4. The summed E-state index contributed by atoms with van der Waals surface area (Å²) in [5.41, 5.74) is 8.46. The van der Waals surface area contributed by atoms with Crippen molar-refractivity contribution in [3.8, 4) is 0 Å². The molecule has 5 nitrogen and oxygen atoms in total. The SMILES string of the molecule is CNC(=O)c1ccc(N2CCOC3CCCC32)c(N)c1. The van der Waals surface area contributed by atoms with Crippen LogP contribution in [0, 0.1) is 0 Å². The zero-order valence-corrected chi connectivity index (χ0v) is 11.8. The molecule has 1 aliphatic carbocycles. The second-order valence-electron chi connectivity index (χ2n) is 5.45. The fourth-order valence-electron chi connectivity index (χ4n) is 3.33. The smallest absolute Gasteiger partial charge is 0.251 e. The number of benzene rings is 1. The van der Waals surface area contributed by atoms with Gasteiger partial charge >= 0.3 is 0 Å². The van der Waals surface area contributed by atoms with Crippen LogP contribution in [0.3, 0.4) is 0 Å². The Morgan fingerprint density at radius 2 is 2.30 bits per heavy atom. The number of carbonyl (C=O) groups is 1. The van der Waals surface area contributed by atoms with Crippen molar-refractivity contribution in [2.45, 2.75) is 31.4 Å². The van der Waals surface area contributed by atoms with Gasteiger partial charge in [-0.1, -0.05) is 0 Å². The Kier molecular flexibility index (Phi) is 3.53. The van der Waals surface area contributed by atoms with Gasteiger partial charge in [-0.15, -0.1) is 0 Å². The Hall–Kier alpha value is -1.75. The Morgan fingerprint density at radius 3 is 3.05 bits per heavy atom. The number of nitrogens with two attached hydrogens (primary N) is 1. The van der Waals surface area contributed by atoms with Gasteiger partial charge in [-0.3, -0.25) is 4.79 Å². The van der Waals surface area contributed by atoms with Crippen molar-refractivity contribution >= 4 is 17.3 Å². The van der Waals surface area contributed by atoms with E-state index in [4.69, 9.17) is 10.5 Å². The molecule has 0 spiro atoms. The predicted octanol–water partition coefficient (Wildman–Crippen LogP) is 1.39. The number of carbonyl (C=O) groups excluding carboxylic acids is 1. The van der Waals surface area contributed by atoms with Gasteiger partial charge in [-0.2, -0.15) is 0 Å². The lowest BCUT2D eigenvalue weighted by Gasteiger charge is -2.40. The largest absolute Gasteiger partial charge is 0.397 e. The number of amides is 1. The predicted molar refractivity (Wildman–Crippen MR) is 79.0 cm³/mol. The summed E-state index contributed by atoms with van der Waals surface area (Å²) in [4.78, 5) is 14.0. The van der Waals surface area contributed by atoms with E-state index in [1.807, 2.05) is 12.1 Å². The molecule has 1 saturated heterocycles. The average molecular weight is 275 g/mol. The fraction of sp³-hybridized carbons (Fsp3) is 0.533. The summed E-state index contributed by atoms with van der Waals surface area (Å²) in [7, 11) is 1.62. The highest BCUT2D eigenvalue weighted by atomic mass is 16.5. The third kappa shape index (κ3) is 2.22. The number of hydrogen-bond acceptors (Lipinski definition) is 4. The molecular weight excluding hydrogens is 254 g/mol. The Bertz CT molecular complexity index is 518. The Labute approximate surface area is 119 Å². The van der Waals surface area contributed by atoms with Crippen LogP contribution in [0.5, 0.6) is 0 Å². The molecule has 5 heteroatoms. The van der Waals surface area contributed by atoms with Gasteiger partial charge < -0.3 is 20.7 Å². The molecule has 20 heavy (non-hydrogen) atoms. The van der Waals surface area contributed by atoms with E-state index in [-0.39, 0.29) is 5.91 Å². The van der Waals surface area contributed by atoms with Crippen LogP contribution in [0.15, 0.2) is 18.2 Å². The lowest BCUT2D eigenvalue weighted by molar-refractivity contribution is 0.0257. The molecule has 1 aromatic rings. The number of morpholine rings is 1. The van der Waals surface area contributed by atoms with Gasteiger partial charge in [-0.05, 0) is 37.5 Å². The van der Waals surface area contributed by atoms with E-state index < -0.39 is 0 Å². The summed E-state index contributed by atoms with van der Waals surface area (Å²) >= 11 is 0. The molecular formula is C15H21N3O2. The minimum Gasteiger partial charge on any atom is -0.397 e. The van der Waals surface area contributed by atoms with Gasteiger partial charge in [-0.25, -0.2) is 0 Å². The zero-order valence-electron chi connectivity index (χ0n) is 11.8. The van der Waals surface area contributed by atoms with Crippen LogP contribution in [0.2, 0.25) is 0 Å². The summed E-state index contributed by atoms with van der Waals surface area (Å²) < 4.78 is 5.83. The maximum atomic E-state index is 11.6. The first kappa shape index (κ1) is 13.2. The van der Waals surface area contributed by atoms with E-state index >= 15 is 0 Å². The molecule has 1 aromatic carbocycles. The quantitative estimate of drug-likeness (QED) is 0.800. The number of nitrogens with one attached hydrogen (secondary N) is 1. The molecule has 3 rings (SSSR count). The summed E-state index contributed by atoms with van der Waals surface area (Å²) in [6.07, 6.45) is 3.84. The van der Waals surface area contributed by atoms with E-state index in [9.17, 15) is 4.79 Å². The number of nitrogens with zero attached hydrogens (tertiary/aromatic N) is 1. The summed E-state index contributed by atoms with van der Waals surface area (Å²) in [5.74, 6) is -0.107. The van der Waals surface area contributed by atoms with E-state index in [0.29, 0.717) is 23.4 Å². The molecule has 1 saturated carbocycles. The van der Waals surface area contributed by atoms with Gasteiger partial charge in [0, 0.05) is 19.2 Å². The highest BCUT2D eigenvalue weighted by Gasteiger charge is 2.36. The average Bonchev–Trinajstić information content (AvgIpc) is 2.95. The first-order valence-electron chi connectivity index (χ1n) is 7.20. The van der Waals surface area contributed by atoms with Crippen molar-refractivity contribution in [3.63, 3.8) is 0 Å². The highest BCUT2D eigenvalue weighted by molar-refractivity contribution is 5.96. The standard InChI is InChI=1S/C15H21N3O2/c1-17-15(19)10-5-6-12(11(16)9-10)18-7-8-20-14-4-2-3-13(14)18/h5-6,9,13-14H,2-4,7-8,16H2,1H3,(H,17,19). The van der Waals surface area contributed by atoms with Gasteiger partial charge in [0.05, 0.1) is 30.1 Å². The number of nitrogen functional groups attached to an aromatic ring is 1. The second kappa shape index (κ2) is 5.32. The number of anilines is 2. The highest BCUT2D eigenvalue weighted by Crippen LogP contribution is 2.35. The van der Waals surface area contributed by atoms with E-state index in [1.54, 1.807) is 13.1 Å². The lowest BCUT2D eigenvalue weighted by Crippen LogP contribution is -2.48. The van der Waals surface area contributed by atoms with Gasteiger partial charge in [0.15, 0.2) is 0 Å². The Balaban J connectivity index is 1.88. The van der Waals surface area contributed by atoms with Crippen LogP contribution >= 0.6 is 0 Å². The third-order valence-electron chi connectivity index (χ3n) is 4.31. The minimum atomic E-state index is -0.107. The van der Waals surface area contributed by atoms with E-state index in [2.05, 4.69) is 10.2 Å². The first-order chi connectivity index (χ1) is 9.70. The number of fused-ring (bicyclic) bond motifs is 1. The number of rotatable bonds is 2. The van der Waals surface area contributed by atoms with Crippen LogP contribution in [0.25, 0.3) is 0 Å². The molecule has 0 radical (unpaired) electrons. The number of hydrogen-bond donors (Lipinski definition) is 2. The molecule has 108 valence electrons. The van der Waals surface area contributed by atoms with Crippen LogP contribution in [-0.4, -0.2) is 38.3 Å². The number of ether oxygens (including phenoxy) is 1.